The number of carbonyl (C=O) groups is 2. The summed E-state index contributed by atoms with van der Waals surface area (Å²) in [5.74, 6) is -1.07. The monoisotopic (exact) mass is 460 g/mol. The Morgan fingerprint density at radius 2 is 1.33 bits per heavy atom. The molecule has 9 heteroatoms. The molecular weight excluding hydrogens is 428 g/mol. The molecule has 1 heterocycles. The molecule has 0 atom stereocenters. The van der Waals surface area contributed by atoms with Gasteiger partial charge in [-0.1, -0.05) is 24.3 Å². The number of aliphatic carboxylic acids is 2. The van der Waals surface area contributed by atoms with Crippen LogP contribution in [0.5, 0.6) is 17.2 Å². The number of ether oxygens (including phenoxy) is 3. The predicted molar refractivity (Wildman–Crippen MR) is 125 cm³/mol. The van der Waals surface area contributed by atoms with Gasteiger partial charge in [0.25, 0.3) is 0 Å². The predicted octanol–water partition coefficient (Wildman–Crippen LogP) is 2.84. The van der Waals surface area contributed by atoms with Crippen LogP contribution in [0, 0.1) is 0 Å². The van der Waals surface area contributed by atoms with Crippen LogP contribution < -0.4 is 19.1 Å². The van der Waals surface area contributed by atoms with E-state index in [-0.39, 0.29) is 0 Å². The van der Waals surface area contributed by atoms with Crippen molar-refractivity contribution >= 4 is 17.6 Å². The Balaban J connectivity index is 0.000000569. The highest BCUT2D eigenvalue weighted by Gasteiger charge is 2.19. The van der Waals surface area contributed by atoms with Crippen LogP contribution in [-0.4, -0.2) is 80.6 Å². The third-order valence-corrected chi connectivity index (χ3v) is 5.18. The third-order valence-electron chi connectivity index (χ3n) is 5.18. The molecule has 2 aromatic carbocycles. The number of hydrogen-bond acceptors (Lipinski definition) is 7. The van der Waals surface area contributed by atoms with Gasteiger partial charge in [0.05, 0.1) is 26.5 Å². The maximum atomic E-state index is 9.10. The van der Waals surface area contributed by atoms with Gasteiger partial charge in [-0.15, -0.1) is 0 Å². The van der Waals surface area contributed by atoms with Crippen LogP contribution >= 0.6 is 0 Å². The topological polar surface area (TPSA) is 109 Å². The van der Waals surface area contributed by atoms with Gasteiger partial charge in [0.1, 0.15) is 5.75 Å². The van der Waals surface area contributed by atoms with E-state index in [9.17, 15) is 0 Å². The maximum Gasteiger partial charge on any atom is 0.414 e. The second-order valence-electron chi connectivity index (χ2n) is 7.32. The van der Waals surface area contributed by atoms with E-state index in [1.165, 1.54) is 5.69 Å². The van der Waals surface area contributed by atoms with E-state index in [1.54, 1.807) is 14.2 Å². The molecule has 1 fully saturated rings. The van der Waals surface area contributed by atoms with Crippen molar-refractivity contribution in [3.8, 4) is 17.2 Å². The van der Waals surface area contributed by atoms with Crippen LogP contribution in [0.25, 0.3) is 0 Å². The number of rotatable bonds is 9. The number of piperazine rings is 1. The first kappa shape index (κ1) is 25.8. The Morgan fingerprint density at radius 1 is 0.788 bits per heavy atom. The number of carboxylic acid groups (broad SMARTS) is 2. The lowest BCUT2D eigenvalue weighted by molar-refractivity contribution is -0.159. The maximum absolute atomic E-state index is 9.10. The summed E-state index contributed by atoms with van der Waals surface area (Å²) in [4.78, 5) is 23.2. The second-order valence-corrected chi connectivity index (χ2v) is 7.32. The first-order valence-corrected chi connectivity index (χ1v) is 10.8. The molecule has 1 saturated heterocycles. The Kier molecular flexibility index (Phi) is 10.8. The molecule has 0 radical (unpaired) electrons. The van der Waals surface area contributed by atoms with Gasteiger partial charge < -0.3 is 29.3 Å². The fourth-order valence-corrected chi connectivity index (χ4v) is 3.46. The Bertz CT molecular complexity index is 871. The Labute approximate surface area is 194 Å². The van der Waals surface area contributed by atoms with Crippen molar-refractivity contribution in [2.24, 2.45) is 0 Å². The van der Waals surface area contributed by atoms with Crippen molar-refractivity contribution in [3.63, 3.8) is 0 Å². The molecule has 0 spiro atoms. The third kappa shape index (κ3) is 8.53. The lowest BCUT2D eigenvalue weighted by Gasteiger charge is -2.36. The largest absolute Gasteiger partial charge is 0.495 e. The summed E-state index contributed by atoms with van der Waals surface area (Å²) >= 11 is 0. The molecule has 0 amide bonds. The van der Waals surface area contributed by atoms with Crippen molar-refractivity contribution in [1.82, 2.24) is 4.90 Å². The molecule has 2 aromatic rings. The van der Waals surface area contributed by atoms with Gasteiger partial charge in [-0.25, -0.2) is 9.59 Å². The Morgan fingerprint density at radius 3 is 1.91 bits per heavy atom. The summed E-state index contributed by atoms with van der Waals surface area (Å²) in [6, 6.07) is 16.1. The van der Waals surface area contributed by atoms with E-state index in [1.807, 2.05) is 36.4 Å². The quantitative estimate of drug-likeness (QED) is 0.431. The minimum Gasteiger partial charge on any atom is -0.495 e. The normalized spacial score (nSPS) is 13.5. The van der Waals surface area contributed by atoms with Crippen molar-refractivity contribution in [2.45, 2.75) is 12.8 Å². The zero-order valence-corrected chi connectivity index (χ0v) is 19.1. The molecule has 3 rings (SSSR count). The smallest absolute Gasteiger partial charge is 0.414 e. The van der Waals surface area contributed by atoms with Crippen LogP contribution in [0.15, 0.2) is 48.5 Å². The van der Waals surface area contributed by atoms with Gasteiger partial charge in [-0.05, 0) is 43.7 Å². The number of anilines is 1. The molecule has 0 aliphatic carbocycles. The molecular formula is C24H32N2O7. The summed E-state index contributed by atoms with van der Waals surface area (Å²) in [5.41, 5.74) is 1.20. The standard InChI is InChI=1S/C22H30N2O3.C2H2O4/c1-25-20-10-4-3-9-19(20)24-16-14-23(15-17-24)13-7-8-18-27-22-12-6-5-11-21(22)26-2;3-1(4)2(5)6/h3-6,9-12H,7-8,13-18H2,1-2H3;(H,3,4)(H,5,6). The van der Waals surface area contributed by atoms with Gasteiger partial charge in [0.15, 0.2) is 11.5 Å². The van der Waals surface area contributed by atoms with Gasteiger partial charge in [0, 0.05) is 26.2 Å². The van der Waals surface area contributed by atoms with Crippen molar-refractivity contribution in [1.29, 1.82) is 0 Å². The number of benzene rings is 2. The van der Waals surface area contributed by atoms with Crippen molar-refractivity contribution in [2.75, 3.05) is 58.5 Å². The number of methoxy groups -OCH3 is 2. The number of para-hydroxylation sites is 4. The highest BCUT2D eigenvalue weighted by Crippen LogP contribution is 2.28. The second kappa shape index (κ2) is 13.8. The van der Waals surface area contributed by atoms with Crippen LogP contribution in [0.4, 0.5) is 5.69 Å². The van der Waals surface area contributed by atoms with Crippen molar-refractivity contribution in [3.05, 3.63) is 48.5 Å². The van der Waals surface area contributed by atoms with Crippen LogP contribution in [0.3, 0.4) is 0 Å². The molecule has 1 aliphatic rings. The summed E-state index contributed by atoms with van der Waals surface area (Å²) < 4.78 is 16.7. The molecule has 0 saturated carbocycles. The highest BCUT2D eigenvalue weighted by atomic mass is 16.5. The average Bonchev–Trinajstić information content (AvgIpc) is 2.84. The zero-order valence-electron chi connectivity index (χ0n) is 19.1. The van der Waals surface area contributed by atoms with Gasteiger partial charge in [-0.2, -0.15) is 0 Å². The summed E-state index contributed by atoms with van der Waals surface area (Å²) in [7, 11) is 3.41. The van der Waals surface area contributed by atoms with Crippen LogP contribution in [0.2, 0.25) is 0 Å². The molecule has 0 aromatic heterocycles. The van der Waals surface area contributed by atoms with Crippen LogP contribution in [-0.2, 0) is 9.59 Å². The fraction of sp³-hybridized carbons (Fsp3) is 0.417. The molecule has 33 heavy (non-hydrogen) atoms. The number of hydrogen-bond donors (Lipinski definition) is 2. The highest BCUT2D eigenvalue weighted by molar-refractivity contribution is 6.27. The molecule has 9 nitrogen and oxygen atoms in total. The van der Waals surface area contributed by atoms with E-state index in [2.05, 4.69) is 21.9 Å². The van der Waals surface area contributed by atoms with Crippen LogP contribution in [0.1, 0.15) is 12.8 Å². The first-order chi connectivity index (χ1) is 16.0. The lowest BCUT2D eigenvalue weighted by atomic mass is 10.2. The molecule has 180 valence electrons. The van der Waals surface area contributed by atoms with E-state index >= 15 is 0 Å². The molecule has 1 aliphatic heterocycles. The minimum absolute atomic E-state index is 0.724. The van der Waals surface area contributed by atoms with Gasteiger partial charge in [-0.3, -0.25) is 4.90 Å². The van der Waals surface area contributed by atoms with E-state index in [0.717, 1.165) is 69.4 Å². The molecule has 0 bridgehead atoms. The van der Waals surface area contributed by atoms with Gasteiger partial charge in [0.2, 0.25) is 0 Å². The molecule has 0 unspecified atom stereocenters. The van der Waals surface area contributed by atoms with Crippen molar-refractivity contribution < 1.29 is 34.0 Å². The van der Waals surface area contributed by atoms with Gasteiger partial charge >= 0.3 is 11.9 Å². The van der Waals surface area contributed by atoms with E-state index < -0.39 is 11.9 Å². The van der Waals surface area contributed by atoms with E-state index in [4.69, 9.17) is 34.0 Å². The zero-order chi connectivity index (χ0) is 24.1. The number of nitrogens with zero attached hydrogens (tertiary/aromatic N) is 2. The Hall–Kier alpha value is -3.46. The lowest BCUT2D eigenvalue weighted by Crippen LogP contribution is -2.46. The average molecular weight is 461 g/mol. The number of carboxylic acids is 2. The first-order valence-electron chi connectivity index (χ1n) is 10.8. The SMILES string of the molecule is COc1ccccc1OCCCCN1CCN(c2ccccc2OC)CC1.O=C(O)C(=O)O. The summed E-state index contributed by atoms with van der Waals surface area (Å²) in [6.45, 7) is 6.10. The summed E-state index contributed by atoms with van der Waals surface area (Å²) in [5, 5.41) is 14.8. The van der Waals surface area contributed by atoms with E-state index in [0.29, 0.717) is 0 Å². The fourth-order valence-electron chi connectivity index (χ4n) is 3.46. The molecule has 2 N–H and O–H groups in total. The summed E-state index contributed by atoms with van der Waals surface area (Å²) in [6.07, 6.45) is 2.19. The number of unbranched alkanes of at least 4 members (excludes halogenated alkanes) is 1. The minimum atomic E-state index is -1.82.